The molecule has 7 heteroatoms. The molecule has 1 aromatic carbocycles. The zero-order valence-electron chi connectivity index (χ0n) is 12.6. The Kier molecular flexibility index (Phi) is 5.02. The van der Waals surface area contributed by atoms with Crippen molar-refractivity contribution in [1.29, 1.82) is 0 Å². The van der Waals surface area contributed by atoms with Crippen molar-refractivity contribution in [2.45, 2.75) is 38.3 Å². The molecule has 0 spiro atoms. The van der Waals surface area contributed by atoms with E-state index in [1.807, 2.05) is 0 Å². The monoisotopic (exact) mass is 345 g/mol. The van der Waals surface area contributed by atoms with Crippen LogP contribution < -0.4 is 10.1 Å². The number of hydrogen-bond acceptors (Lipinski definition) is 4. The summed E-state index contributed by atoms with van der Waals surface area (Å²) in [6.45, 7) is 3.29. The van der Waals surface area contributed by atoms with Crippen LogP contribution in [0.2, 0.25) is 5.02 Å². The molecule has 0 radical (unpaired) electrons. The minimum atomic E-state index is -3.06. The molecule has 1 N–H and O–H groups in total. The van der Waals surface area contributed by atoms with Gasteiger partial charge in [-0.1, -0.05) is 11.6 Å². The normalized spacial score (nSPS) is 21.1. The molecule has 1 aliphatic heterocycles. The second-order valence-electron chi connectivity index (χ2n) is 5.99. The Bertz CT molecular complexity index is 640. The van der Waals surface area contributed by atoms with E-state index >= 15 is 0 Å². The number of benzene rings is 1. The molecule has 1 amide bonds. The van der Waals surface area contributed by atoms with E-state index in [2.05, 4.69) is 5.32 Å². The molecule has 0 aliphatic carbocycles. The van der Waals surface area contributed by atoms with Crippen molar-refractivity contribution in [3.63, 3.8) is 0 Å². The Morgan fingerprint density at radius 3 is 2.55 bits per heavy atom. The van der Waals surface area contributed by atoms with E-state index < -0.39 is 15.4 Å². The van der Waals surface area contributed by atoms with Gasteiger partial charge in [-0.15, -0.1) is 0 Å². The molecule has 1 heterocycles. The summed E-state index contributed by atoms with van der Waals surface area (Å²) in [6.07, 6.45) is 1.24. The maximum absolute atomic E-state index is 12.4. The first-order valence-electron chi connectivity index (χ1n) is 7.14. The summed E-state index contributed by atoms with van der Waals surface area (Å²) in [6, 6.07) is 6.38. The van der Waals surface area contributed by atoms with E-state index in [9.17, 15) is 13.2 Å². The molecule has 1 fully saturated rings. The number of sulfone groups is 1. The average molecular weight is 346 g/mol. The molecule has 1 aromatic rings. The minimum Gasteiger partial charge on any atom is -0.478 e. The molecular formula is C15H20ClNO4S. The number of rotatable bonds is 4. The maximum atomic E-state index is 12.4. The van der Waals surface area contributed by atoms with Gasteiger partial charge in [0.1, 0.15) is 5.75 Å². The Labute approximate surface area is 135 Å². The molecule has 0 unspecified atom stereocenters. The lowest BCUT2D eigenvalue weighted by molar-refractivity contribution is -0.134. The highest BCUT2D eigenvalue weighted by Crippen LogP contribution is 2.21. The highest BCUT2D eigenvalue weighted by molar-refractivity contribution is 7.91. The Morgan fingerprint density at radius 1 is 1.32 bits per heavy atom. The molecular weight excluding hydrogens is 326 g/mol. The van der Waals surface area contributed by atoms with Crippen molar-refractivity contribution in [2.24, 2.45) is 0 Å². The standard InChI is InChI=1S/C15H20ClNO4S/c1-15(2,21-13-7-5-11(16)6-8-13)14(18)17-12-4-3-9-22(19,20)10-12/h5-8,12H,3-4,9-10H2,1-2H3,(H,17,18)/t12-/m0/s1. The fourth-order valence-electron chi connectivity index (χ4n) is 2.34. The molecule has 0 saturated carbocycles. The van der Waals surface area contributed by atoms with E-state index in [0.29, 0.717) is 23.6 Å². The van der Waals surface area contributed by atoms with Gasteiger partial charge in [0.15, 0.2) is 15.4 Å². The van der Waals surface area contributed by atoms with Gasteiger partial charge in [0.25, 0.3) is 5.91 Å². The van der Waals surface area contributed by atoms with Crippen LogP contribution in [0.3, 0.4) is 0 Å². The fourth-order valence-corrected chi connectivity index (χ4v) is 4.10. The average Bonchev–Trinajstić information content (AvgIpc) is 2.40. The largest absolute Gasteiger partial charge is 0.478 e. The highest BCUT2D eigenvalue weighted by Gasteiger charge is 2.34. The number of carbonyl (C=O) groups is 1. The van der Waals surface area contributed by atoms with Crippen molar-refractivity contribution < 1.29 is 17.9 Å². The van der Waals surface area contributed by atoms with Gasteiger partial charge >= 0.3 is 0 Å². The molecule has 122 valence electrons. The summed E-state index contributed by atoms with van der Waals surface area (Å²) in [4.78, 5) is 12.4. The van der Waals surface area contributed by atoms with Crippen LogP contribution in [0.5, 0.6) is 5.75 Å². The number of ether oxygens (including phenoxy) is 1. The Morgan fingerprint density at radius 2 is 1.95 bits per heavy atom. The SMILES string of the molecule is CC(C)(Oc1ccc(Cl)cc1)C(=O)N[C@H]1CCCS(=O)(=O)C1. The first kappa shape index (κ1) is 17.1. The summed E-state index contributed by atoms with van der Waals surface area (Å²) in [5.74, 6) is 0.394. The van der Waals surface area contributed by atoms with Gasteiger partial charge in [0.05, 0.1) is 11.5 Å². The summed E-state index contributed by atoms with van der Waals surface area (Å²) >= 11 is 5.81. The van der Waals surface area contributed by atoms with Gasteiger partial charge in [-0.05, 0) is 51.0 Å². The third kappa shape index (κ3) is 4.61. The van der Waals surface area contributed by atoms with Crippen LogP contribution in [0.1, 0.15) is 26.7 Å². The van der Waals surface area contributed by atoms with E-state index in [1.165, 1.54) is 0 Å². The lowest BCUT2D eigenvalue weighted by Crippen LogP contribution is -2.52. The number of halogens is 1. The van der Waals surface area contributed by atoms with E-state index in [1.54, 1.807) is 38.1 Å². The van der Waals surface area contributed by atoms with Crippen molar-refractivity contribution in [2.75, 3.05) is 11.5 Å². The van der Waals surface area contributed by atoms with Gasteiger partial charge in [-0.3, -0.25) is 4.79 Å². The Balaban J connectivity index is 1.99. The third-order valence-corrected chi connectivity index (χ3v) is 5.60. The van der Waals surface area contributed by atoms with Crippen molar-refractivity contribution in [3.05, 3.63) is 29.3 Å². The smallest absolute Gasteiger partial charge is 0.263 e. The lowest BCUT2D eigenvalue weighted by atomic mass is 10.1. The van der Waals surface area contributed by atoms with Crippen LogP contribution in [0.15, 0.2) is 24.3 Å². The van der Waals surface area contributed by atoms with Crippen molar-refractivity contribution >= 4 is 27.3 Å². The van der Waals surface area contributed by atoms with Gasteiger partial charge in [0.2, 0.25) is 0 Å². The number of hydrogen-bond donors (Lipinski definition) is 1. The van der Waals surface area contributed by atoms with Gasteiger partial charge in [-0.25, -0.2) is 8.42 Å². The minimum absolute atomic E-state index is 0.00420. The maximum Gasteiger partial charge on any atom is 0.263 e. The highest BCUT2D eigenvalue weighted by atomic mass is 35.5. The predicted molar refractivity (Wildman–Crippen MR) is 86.0 cm³/mol. The van der Waals surface area contributed by atoms with E-state index in [0.717, 1.165) is 0 Å². The molecule has 0 aromatic heterocycles. The molecule has 22 heavy (non-hydrogen) atoms. The molecule has 2 rings (SSSR count). The Hall–Kier alpha value is -1.27. The summed E-state index contributed by atoms with van der Waals surface area (Å²) in [7, 11) is -3.06. The van der Waals surface area contributed by atoms with E-state index in [-0.39, 0.29) is 23.5 Å². The van der Waals surface area contributed by atoms with Crippen molar-refractivity contribution in [1.82, 2.24) is 5.32 Å². The van der Waals surface area contributed by atoms with Crippen LogP contribution in [-0.2, 0) is 14.6 Å². The lowest BCUT2D eigenvalue weighted by Gasteiger charge is -2.29. The van der Waals surface area contributed by atoms with Crippen LogP contribution >= 0.6 is 11.6 Å². The molecule has 1 atom stereocenters. The number of amides is 1. The second-order valence-corrected chi connectivity index (χ2v) is 8.66. The third-order valence-electron chi connectivity index (χ3n) is 3.53. The number of nitrogens with one attached hydrogen (secondary N) is 1. The van der Waals surface area contributed by atoms with Gasteiger partial charge < -0.3 is 10.1 Å². The quantitative estimate of drug-likeness (QED) is 0.907. The van der Waals surface area contributed by atoms with Crippen LogP contribution in [0, 0.1) is 0 Å². The summed E-state index contributed by atoms with van der Waals surface area (Å²) in [5, 5.41) is 3.36. The molecule has 0 bridgehead atoms. The summed E-state index contributed by atoms with van der Waals surface area (Å²) < 4.78 is 28.9. The van der Waals surface area contributed by atoms with Crippen LogP contribution in [0.4, 0.5) is 0 Å². The van der Waals surface area contributed by atoms with Gasteiger partial charge in [0, 0.05) is 11.1 Å². The second kappa shape index (κ2) is 6.46. The molecule has 1 aliphatic rings. The van der Waals surface area contributed by atoms with E-state index in [4.69, 9.17) is 16.3 Å². The first-order chi connectivity index (χ1) is 10.2. The topological polar surface area (TPSA) is 72.5 Å². The van der Waals surface area contributed by atoms with Gasteiger partial charge in [-0.2, -0.15) is 0 Å². The summed E-state index contributed by atoms with van der Waals surface area (Å²) in [5.41, 5.74) is -1.10. The zero-order valence-corrected chi connectivity index (χ0v) is 14.2. The number of carbonyl (C=O) groups excluding carboxylic acids is 1. The van der Waals surface area contributed by atoms with Crippen LogP contribution in [0.25, 0.3) is 0 Å². The van der Waals surface area contributed by atoms with Crippen molar-refractivity contribution in [3.8, 4) is 5.75 Å². The zero-order chi connectivity index (χ0) is 16.4. The first-order valence-corrected chi connectivity index (χ1v) is 9.34. The predicted octanol–water partition coefficient (Wildman–Crippen LogP) is 2.19. The molecule has 1 saturated heterocycles. The van der Waals surface area contributed by atoms with Crippen LogP contribution in [-0.4, -0.2) is 37.5 Å². The fraction of sp³-hybridized carbons (Fsp3) is 0.533. The molecule has 5 nitrogen and oxygen atoms in total.